The van der Waals surface area contributed by atoms with E-state index in [0.717, 1.165) is 35.7 Å². The highest BCUT2D eigenvalue weighted by Gasteiger charge is 2.23. The molecule has 0 aliphatic heterocycles. The first-order valence-corrected chi connectivity index (χ1v) is 14.0. The van der Waals surface area contributed by atoms with Crippen molar-refractivity contribution in [2.24, 2.45) is 5.10 Å². The Kier molecular flexibility index (Phi) is 8.31. The van der Waals surface area contributed by atoms with Gasteiger partial charge in [-0.3, -0.25) is 4.79 Å². The Morgan fingerprint density at radius 1 is 1.00 bits per heavy atom. The second-order valence-corrected chi connectivity index (χ2v) is 10.8. The molecule has 1 aromatic heterocycles. The number of fused-ring (bicyclic) bond motifs is 1. The van der Waals surface area contributed by atoms with Crippen molar-refractivity contribution in [3.63, 3.8) is 0 Å². The molecule has 0 unspecified atom stereocenters. The smallest absolute Gasteiger partial charge is 0.282 e. The molecule has 5 rings (SSSR count). The maximum Gasteiger partial charge on any atom is 0.282 e. The molecule has 0 N–H and O–H groups in total. The lowest BCUT2D eigenvalue weighted by Crippen LogP contribution is -2.25. The van der Waals surface area contributed by atoms with Crippen LogP contribution in [0.5, 0.6) is 17.2 Å². The molecule has 1 aliphatic carbocycles. The van der Waals surface area contributed by atoms with Gasteiger partial charge in [-0.05, 0) is 55.7 Å². The summed E-state index contributed by atoms with van der Waals surface area (Å²) in [6, 6.07) is 17.4. The van der Waals surface area contributed by atoms with Gasteiger partial charge < -0.3 is 14.2 Å². The third-order valence-electron chi connectivity index (χ3n) is 7.11. The zero-order valence-electron chi connectivity index (χ0n) is 22.4. The summed E-state index contributed by atoms with van der Waals surface area (Å²) >= 11 is 3.48. The van der Waals surface area contributed by atoms with Crippen LogP contribution in [0.2, 0.25) is 0 Å². The van der Waals surface area contributed by atoms with Crippen LogP contribution in [0.15, 0.2) is 69.0 Å². The third kappa shape index (κ3) is 6.01. The van der Waals surface area contributed by atoms with E-state index in [1.807, 2.05) is 36.4 Å². The summed E-state index contributed by atoms with van der Waals surface area (Å²) in [6.07, 6.45) is 7.11. The number of aryl methyl sites for hydroxylation is 1. The Balaban J connectivity index is 1.51. The van der Waals surface area contributed by atoms with Crippen LogP contribution in [0, 0.1) is 6.92 Å². The van der Waals surface area contributed by atoms with Crippen LogP contribution >= 0.6 is 15.9 Å². The minimum Gasteiger partial charge on any atom is -0.493 e. The molecule has 4 aromatic rings. The predicted octanol–water partition coefficient (Wildman–Crippen LogP) is 6.99. The van der Waals surface area contributed by atoms with Crippen molar-refractivity contribution in [1.29, 1.82) is 0 Å². The SMILES string of the molecule is COc1cc(C=Nn2c(C3CCCCC3)nc3ccc(Br)cc3c2=O)cc(OC)c1OCc1ccc(C)cc1. The number of hydrogen-bond donors (Lipinski definition) is 0. The number of benzene rings is 3. The van der Waals surface area contributed by atoms with Gasteiger partial charge >= 0.3 is 0 Å². The Bertz CT molecular complexity index is 1530. The van der Waals surface area contributed by atoms with Crippen molar-refractivity contribution in [2.45, 2.75) is 51.6 Å². The Hall–Kier alpha value is -3.65. The van der Waals surface area contributed by atoms with Gasteiger partial charge in [-0.2, -0.15) is 9.78 Å². The summed E-state index contributed by atoms with van der Waals surface area (Å²) in [7, 11) is 3.18. The molecule has 1 heterocycles. The van der Waals surface area contributed by atoms with Gasteiger partial charge in [0.15, 0.2) is 11.5 Å². The normalized spacial score (nSPS) is 14.2. The van der Waals surface area contributed by atoms with E-state index in [-0.39, 0.29) is 11.5 Å². The molecular weight excluding hydrogens is 558 g/mol. The zero-order chi connectivity index (χ0) is 27.4. The first-order valence-electron chi connectivity index (χ1n) is 13.2. The second-order valence-electron chi connectivity index (χ2n) is 9.86. The molecule has 1 aliphatic rings. The van der Waals surface area contributed by atoms with E-state index in [9.17, 15) is 4.79 Å². The van der Waals surface area contributed by atoms with Crippen LogP contribution in [0.4, 0.5) is 0 Å². The van der Waals surface area contributed by atoms with Gasteiger partial charge in [-0.15, -0.1) is 0 Å². The highest BCUT2D eigenvalue weighted by molar-refractivity contribution is 9.10. The molecular formula is C31H32BrN3O4. The quantitative estimate of drug-likeness (QED) is 0.207. The molecule has 0 radical (unpaired) electrons. The van der Waals surface area contributed by atoms with Crippen LogP contribution in [0.3, 0.4) is 0 Å². The maximum absolute atomic E-state index is 13.6. The van der Waals surface area contributed by atoms with Crippen LogP contribution in [-0.4, -0.2) is 30.1 Å². The Labute approximate surface area is 236 Å². The zero-order valence-corrected chi connectivity index (χ0v) is 24.0. The molecule has 0 saturated heterocycles. The van der Waals surface area contributed by atoms with Gasteiger partial charge in [0, 0.05) is 16.0 Å². The molecule has 0 atom stereocenters. The topological polar surface area (TPSA) is 74.9 Å². The van der Waals surface area contributed by atoms with E-state index in [2.05, 4.69) is 40.1 Å². The van der Waals surface area contributed by atoms with E-state index in [0.29, 0.717) is 46.1 Å². The van der Waals surface area contributed by atoms with E-state index in [4.69, 9.17) is 19.2 Å². The summed E-state index contributed by atoms with van der Waals surface area (Å²) in [5.41, 5.74) is 3.45. The van der Waals surface area contributed by atoms with Crippen LogP contribution in [0.1, 0.15) is 60.5 Å². The summed E-state index contributed by atoms with van der Waals surface area (Å²) in [6.45, 7) is 2.43. The maximum atomic E-state index is 13.6. The van der Waals surface area contributed by atoms with Gasteiger partial charge in [0.25, 0.3) is 5.56 Å². The highest BCUT2D eigenvalue weighted by Crippen LogP contribution is 2.39. The number of halogens is 1. The third-order valence-corrected chi connectivity index (χ3v) is 7.61. The molecule has 202 valence electrons. The van der Waals surface area contributed by atoms with Gasteiger partial charge in [0.05, 0.1) is 31.3 Å². The largest absolute Gasteiger partial charge is 0.493 e. The van der Waals surface area contributed by atoms with Crippen molar-refractivity contribution >= 4 is 33.0 Å². The standard InChI is InChI=1S/C31H32BrN3O4/c1-20-9-11-21(12-10-20)19-39-29-27(37-2)15-22(16-28(29)38-3)18-33-35-30(23-7-5-4-6-8-23)34-26-14-13-24(32)17-25(26)31(35)36/h9-18,23H,4-8,19H2,1-3H3. The van der Waals surface area contributed by atoms with Crippen molar-refractivity contribution in [3.8, 4) is 17.2 Å². The van der Waals surface area contributed by atoms with E-state index < -0.39 is 0 Å². The summed E-state index contributed by atoms with van der Waals surface area (Å²) < 4.78 is 19.7. The Morgan fingerprint density at radius 2 is 1.69 bits per heavy atom. The van der Waals surface area contributed by atoms with Crippen molar-refractivity contribution in [2.75, 3.05) is 14.2 Å². The monoisotopic (exact) mass is 589 g/mol. The predicted molar refractivity (Wildman–Crippen MR) is 158 cm³/mol. The lowest BCUT2D eigenvalue weighted by molar-refractivity contribution is 0.266. The number of methoxy groups -OCH3 is 2. The van der Waals surface area contributed by atoms with E-state index in [1.165, 1.54) is 16.7 Å². The molecule has 0 bridgehead atoms. The van der Waals surface area contributed by atoms with Gasteiger partial charge in [-0.1, -0.05) is 65.0 Å². The van der Waals surface area contributed by atoms with Crippen molar-refractivity contribution in [3.05, 3.63) is 91.9 Å². The lowest BCUT2D eigenvalue weighted by atomic mass is 9.88. The fourth-order valence-corrected chi connectivity index (χ4v) is 5.34. The number of rotatable bonds is 8. The first kappa shape index (κ1) is 26.9. The fraction of sp³-hybridized carbons (Fsp3) is 0.323. The second kappa shape index (κ2) is 12.0. The van der Waals surface area contributed by atoms with Crippen LogP contribution in [0.25, 0.3) is 10.9 Å². The molecule has 8 heteroatoms. The average molecular weight is 591 g/mol. The van der Waals surface area contributed by atoms with Crippen molar-refractivity contribution < 1.29 is 14.2 Å². The molecule has 0 spiro atoms. The van der Waals surface area contributed by atoms with E-state index in [1.54, 1.807) is 26.5 Å². The Morgan fingerprint density at radius 3 is 2.36 bits per heavy atom. The molecule has 1 saturated carbocycles. The highest BCUT2D eigenvalue weighted by atomic mass is 79.9. The molecule has 39 heavy (non-hydrogen) atoms. The average Bonchev–Trinajstić information content (AvgIpc) is 2.96. The van der Waals surface area contributed by atoms with Crippen LogP contribution < -0.4 is 19.8 Å². The minimum atomic E-state index is -0.185. The minimum absolute atomic E-state index is 0.185. The van der Waals surface area contributed by atoms with Crippen LogP contribution in [-0.2, 0) is 6.61 Å². The number of nitrogens with zero attached hydrogens (tertiary/aromatic N) is 3. The molecule has 1 fully saturated rings. The number of ether oxygens (including phenoxy) is 3. The fourth-order valence-electron chi connectivity index (χ4n) is 4.98. The van der Waals surface area contributed by atoms with Gasteiger partial charge in [0.1, 0.15) is 12.4 Å². The van der Waals surface area contributed by atoms with E-state index >= 15 is 0 Å². The summed E-state index contributed by atoms with van der Waals surface area (Å²) in [5, 5.41) is 5.19. The molecule has 3 aromatic carbocycles. The molecule has 0 amide bonds. The first-order chi connectivity index (χ1) is 19.0. The number of aromatic nitrogens is 2. The lowest BCUT2D eigenvalue weighted by Gasteiger charge is -2.22. The van der Waals surface area contributed by atoms with Gasteiger partial charge in [-0.25, -0.2) is 4.98 Å². The molecule has 7 nitrogen and oxygen atoms in total. The number of hydrogen-bond acceptors (Lipinski definition) is 6. The summed E-state index contributed by atoms with van der Waals surface area (Å²) in [4.78, 5) is 18.5. The van der Waals surface area contributed by atoms with Gasteiger partial charge in [0.2, 0.25) is 5.75 Å². The van der Waals surface area contributed by atoms with Crippen molar-refractivity contribution in [1.82, 2.24) is 9.66 Å². The summed E-state index contributed by atoms with van der Waals surface area (Å²) in [5.74, 6) is 2.45.